The van der Waals surface area contributed by atoms with Crippen LogP contribution in [-0.2, 0) is 16.1 Å². The molecule has 2 rings (SSSR count). The average Bonchev–Trinajstić information content (AvgIpc) is 2.88. The van der Waals surface area contributed by atoms with E-state index in [2.05, 4.69) is 15.5 Å². The predicted molar refractivity (Wildman–Crippen MR) is 85.8 cm³/mol. The van der Waals surface area contributed by atoms with Gasteiger partial charge >= 0.3 is 6.09 Å². The van der Waals surface area contributed by atoms with Crippen molar-refractivity contribution in [3.05, 3.63) is 17.5 Å². The molecule has 128 valence electrons. The van der Waals surface area contributed by atoms with E-state index in [0.717, 1.165) is 24.1 Å². The number of rotatable bonds is 3. The van der Waals surface area contributed by atoms with Gasteiger partial charge in [-0.2, -0.15) is 5.10 Å². The molecule has 1 aliphatic rings. The number of likely N-dealkylation sites (tertiary alicyclic amines) is 1. The number of aryl methyl sites for hydroxylation is 1. The molecule has 23 heavy (non-hydrogen) atoms. The van der Waals surface area contributed by atoms with Crippen molar-refractivity contribution in [2.24, 2.45) is 0 Å². The highest BCUT2D eigenvalue weighted by atomic mass is 16.6. The summed E-state index contributed by atoms with van der Waals surface area (Å²) in [6.07, 6.45) is 3.76. The van der Waals surface area contributed by atoms with Gasteiger partial charge in [-0.05, 0) is 47.0 Å². The molecule has 1 aromatic rings. The first kappa shape index (κ1) is 17.3. The Morgan fingerprint density at radius 1 is 1.43 bits per heavy atom. The van der Waals surface area contributed by atoms with E-state index in [1.54, 1.807) is 11.1 Å². The first-order valence-corrected chi connectivity index (χ1v) is 8.04. The van der Waals surface area contributed by atoms with Crippen molar-refractivity contribution >= 4 is 12.0 Å². The second-order valence-corrected chi connectivity index (χ2v) is 6.92. The molecule has 0 saturated carbocycles. The highest BCUT2D eigenvalue weighted by Crippen LogP contribution is 2.20. The van der Waals surface area contributed by atoms with E-state index in [-0.39, 0.29) is 5.91 Å². The third kappa shape index (κ3) is 4.71. The van der Waals surface area contributed by atoms with Crippen molar-refractivity contribution in [3.63, 3.8) is 0 Å². The SMILES string of the molecule is Cc1[nH]ncc1CNC(=O)[C@H]1CCCCN1C(=O)OC(C)(C)C. The molecular weight excluding hydrogens is 296 g/mol. The number of nitrogens with zero attached hydrogens (tertiary/aromatic N) is 2. The largest absolute Gasteiger partial charge is 0.444 e. The van der Waals surface area contributed by atoms with E-state index in [1.165, 1.54) is 0 Å². The summed E-state index contributed by atoms with van der Waals surface area (Å²) in [6.45, 7) is 8.34. The maximum absolute atomic E-state index is 12.5. The normalized spacial score (nSPS) is 18.6. The zero-order chi connectivity index (χ0) is 17.0. The minimum Gasteiger partial charge on any atom is -0.444 e. The number of ether oxygens (including phenoxy) is 1. The Labute approximate surface area is 136 Å². The number of hydrogen-bond donors (Lipinski definition) is 2. The predicted octanol–water partition coefficient (Wildman–Crippen LogP) is 2.12. The topological polar surface area (TPSA) is 87.3 Å². The summed E-state index contributed by atoms with van der Waals surface area (Å²) in [5, 5.41) is 9.67. The first-order chi connectivity index (χ1) is 10.8. The molecule has 0 aromatic carbocycles. The van der Waals surface area contributed by atoms with Gasteiger partial charge in [0.25, 0.3) is 0 Å². The summed E-state index contributed by atoms with van der Waals surface area (Å²) in [7, 11) is 0. The number of nitrogens with one attached hydrogen (secondary N) is 2. The van der Waals surface area contributed by atoms with E-state index in [9.17, 15) is 9.59 Å². The minimum atomic E-state index is -0.566. The van der Waals surface area contributed by atoms with Gasteiger partial charge in [0, 0.05) is 24.3 Å². The lowest BCUT2D eigenvalue weighted by atomic mass is 10.0. The van der Waals surface area contributed by atoms with E-state index < -0.39 is 17.7 Å². The van der Waals surface area contributed by atoms with Crippen LogP contribution in [0.25, 0.3) is 0 Å². The monoisotopic (exact) mass is 322 g/mol. The van der Waals surface area contributed by atoms with Crippen molar-refractivity contribution in [2.75, 3.05) is 6.54 Å². The molecule has 7 nitrogen and oxygen atoms in total. The van der Waals surface area contributed by atoms with E-state index >= 15 is 0 Å². The summed E-state index contributed by atoms with van der Waals surface area (Å²) in [5.74, 6) is -0.142. The fourth-order valence-electron chi connectivity index (χ4n) is 2.60. The van der Waals surface area contributed by atoms with Crippen LogP contribution in [-0.4, -0.2) is 45.3 Å². The summed E-state index contributed by atoms with van der Waals surface area (Å²) in [6, 6.07) is -0.467. The van der Waals surface area contributed by atoms with Gasteiger partial charge in [0.2, 0.25) is 5.91 Å². The Morgan fingerprint density at radius 3 is 2.78 bits per heavy atom. The van der Waals surface area contributed by atoms with E-state index in [0.29, 0.717) is 19.5 Å². The lowest BCUT2D eigenvalue weighted by Crippen LogP contribution is -2.53. The highest BCUT2D eigenvalue weighted by molar-refractivity contribution is 5.85. The Morgan fingerprint density at radius 2 is 2.17 bits per heavy atom. The van der Waals surface area contributed by atoms with Crippen LogP contribution < -0.4 is 5.32 Å². The maximum atomic E-state index is 12.5. The van der Waals surface area contributed by atoms with Crippen LogP contribution >= 0.6 is 0 Å². The van der Waals surface area contributed by atoms with Crippen molar-refractivity contribution in [3.8, 4) is 0 Å². The number of H-pyrrole nitrogens is 1. The molecule has 2 amide bonds. The van der Waals surface area contributed by atoms with Crippen LogP contribution in [0.3, 0.4) is 0 Å². The second-order valence-electron chi connectivity index (χ2n) is 6.92. The van der Waals surface area contributed by atoms with E-state index in [4.69, 9.17) is 4.74 Å². The zero-order valence-corrected chi connectivity index (χ0v) is 14.3. The van der Waals surface area contributed by atoms with Crippen molar-refractivity contribution in [1.29, 1.82) is 0 Å². The third-order valence-electron chi connectivity index (χ3n) is 3.82. The molecule has 0 aliphatic carbocycles. The van der Waals surface area contributed by atoms with Gasteiger partial charge in [0.1, 0.15) is 11.6 Å². The van der Waals surface area contributed by atoms with Gasteiger partial charge in [-0.3, -0.25) is 14.8 Å². The molecule has 1 atom stereocenters. The highest BCUT2D eigenvalue weighted by Gasteiger charge is 2.34. The van der Waals surface area contributed by atoms with Crippen molar-refractivity contribution < 1.29 is 14.3 Å². The van der Waals surface area contributed by atoms with Crippen molar-refractivity contribution in [2.45, 2.75) is 65.1 Å². The number of amides is 2. The van der Waals surface area contributed by atoms with Crippen LogP contribution in [0.15, 0.2) is 6.20 Å². The molecule has 7 heteroatoms. The van der Waals surface area contributed by atoms with Crippen LogP contribution in [0.4, 0.5) is 4.79 Å². The van der Waals surface area contributed by atoms with Crippen LogP contribution in [0.5, 0.6) is 0 Å². The number of hydrogen-bond acceptors (Lipinski definition) is 4. The van der Waals surface area contributed by atoms with Gasteiger partial charge in [0.15, 0.2) is 0 Å². The smallest absolute Gasteiger partial charge is 0.410 e. The van der Waals surface area contributed by atoms with Gasteiger partial charge in [-0.1, -0.05) is 0 Å². The lowest BCUT2D eigenvalue weighted by molar-refractivity contribution is -0.127. The molecule has 2 heterocycles. The molecular formula is C16H26N4O3. The Hall–Kier alpha value is -2.05. The molecule has 1 saturated heterocycles. The summed E-state index contributed by atoms with van der Waals surface area (Å²) in [4.78, 5) is 26.4. The summed E-state index contributed by atoms with van der Waals surface area (Å²) < 4.78 is 5.42. The van der Waals surface area contributed by atoms with Crippen molar-refractivity contribution in [1.82, 2.24) is 20.4 Å². The minimum absolute atomic E-state index is 0.142. The fourth-order valence-corrected chi connectivity index (χ4v) is 2.60. The van der Waals surface area contributed by atoms with Gasteiger partial charge in [0.05, 0.1) is 6.20 Å². The third-order valence-corrected chi connectivity index (χ3v) is 3.82. The van der Waals surface area contributed by atoms with Crippen LogP contribution in [0.2, 0.25) is 0 Å². The molecule has 1 fully saturated rings. The maximum Gasteiger partial charge on any atom is 0.410 e. The fraction of sp³-hybridized carbons (Fsp3) is 0.688. The summed E-state index contributed by atoms with van der Waals surface area (Å²) in [5.41, 5.74) is 1.31. The first-order valence-electron chi connectivity index (χ1n) is 8.04. The van der Waals surface area contributed by atoms with Crippen LogP contribution in [0, 0.1) is 6.92 Å². The van der Waals surface area contributed by atoms with E-state index in [1.807, 2.05) is 27.7 Å². The van der Waals surface area contributed by atoms with Gasteiger partial charge < -0.3 is 10.1 Å². The Bertz CT molecular complexity index is 562. The standard InChI is InChI=1S/C16H26N4O3/c1-11-12(10-18-19-11)9-17-14(21)13-7-5-6-8-20(13)15(22)23-16(2,3)4/h10,13H,5-9H2,1-4H3,(H,17,21)(H,18,19)/t13-/m1/s1. The molecule has 1 aromatic heterocycles. The number of aromatic amines is 1. The Kier molecular flexibility index (Phi) is 5.28. The lowest BCUT2D eigenvalue weighted by Gasteiger charge is -2.35. The molecule has 0 radical (unpaired) electrons. The quantitative estimate of drug-likeness (QED) is 0.892. The molecule has 1 aliphatic heterocycles. The average molecular weight is 322 g/mol. The molecule has 2 N–H and O–H groups in total. The second kappa shape index (κ2) is 7.02. The molecule has 0 spiro atoms. The van der Waals surface area contributed by atoms with Gasteiger partial charge in [-0.15, -0.1) is 0 Å². The number of carbonyl (C=O) groups excluding carboxylic acids is 2. The number of carbonyl (C=O) groups is 2. The van der Waals surface area contributed by atoms with Gasteiger partial charge in [-0.25, -0.2) is 4.79 Å². The molecule has 0 unspecified atom stereocenters. The summed E-state index contributed by atoms with van der Waals surface area (Å²) >= 11 is 0. The Balaban J connectivity index is 1.98. The number of piperidine rings is 1. The number of aromatic nitrogens is 2. The molecule has 0 bridgehead atoms. The zero-order valence-electron chi connectivity index (χ0n) is 14.3. The van der Waals surface area contributed by atoms with Crippen LogP contribution in [0.1, 0.15) is 51.3 Å².